The molecule has 1 aliphatic rings. The van der Waals surface area contributed by atoms with Gasteiger partial charge in [-0.2, -0.15) is 0 Å². The minimum absolute atomic E-state index is 0.693. The number of hydrogen-bond donors (Lipinski definition) is 1. The fourth-order valence-corrected chi connectivity index (χ4v) is 3.61. The molecule has 0 amide bonds. The molecule has 142 valence electrons. The summed E-state index contributed by atoms with van der Waals surface area (Å²) in [5.41, 5.74) is 5.03. The molecule has 0 fully saturated rings. The lowest BCUT2D eigenvalue weighted by Crippen LogP contribution is -2.21. The third-order valence-electron chi connectivity index (χ3n) is 5.22. The second kappa shape index (κ2) is 9.48. The summed E-state index contributed by atoms with van der Waals surface area (Å²) in [6.07, 6.45) is 8.66. The van der Waals surface area contributed by atoms with Crippen molar-refractivity contribution in [3.8, 4) is 11.8 Å². The molecule has 0 atom stereocenters. The predicted molar refractivity (Wildman–Crippen MR) is 116 cm³/mol. The van der Waals surface area contributed by atoms with Gasteiger partial charge in [0.05, 0.1) is 12.2 Å². The van der Waals surface area contributed by atoms with Gasteiger partial charge < -0.3 is 9.88 Å². The summed E-state index contributed by atoms with van der Waals surface area (Å²) in [6.45, 7) is 11.4. The van der Waals surface area contributed by atoms with Gasteiger partial charge in [-0.1, -0.05) is 38.0 Å². The van der Waals surface area contributed by atoms with Gasteiger partial charge in [-0.25, -0.2) is 0 Å². The summed E-state index contributed by atoms with van der Waals surface area (Å²) in [7, 11) is 0. The number of aromatic nitrogens is 1. The van der Waals surface area contributed by atoms with Crippen molar-refractivity contribution < 1.29 is 0 Å². The first kappa shape index (κ1) is 19.3. The fourth-order valence-electron chi connectivity index (χ4n) is 3.61. The van der Waals surface area contributed by atoms with Crippen LogP contribution < -0.4 is 5.32 Å². The standard InChI is InChI=1S/C24H31N3/c1-4-26(5-2)19-20-14-15-24-21(17-20)18-23(27(24)6-3)13-10-16-25-22-11-8-7-9-12-22/h7-8,11,14-15,17-18,25H,4-6,9,12,16,19H2,1-3H3. The monoisotopic (exact) mass is 361 g/mol. The Labute approximate surface area is 163 Å². The Kier molecular flexibility index (Phi) is 6.79. The third kappa shape index (κ3) is 4.84. The third-order valence-corrected chi connectivity index (χ3v) is 5.22. The van der Waals surface area contributed by atoms with Crippen molar-refractivity contribution in [2.75, 3.05) is 19.6 Å². The molecule has 1 N–H and O–H groups in total. The molecular weight excluding hydrogens is 330 g/mol. The summed E-state index contributed by atoms with van der Waals surface area (Å²) >= 11 is 0. The van der Waals surface area contributed by atoms with E-state index < -0.39 is 0 Å². The lowest BCUT2D eigenvalue weighted by molar-refractivity contribution is 0.296. The maximum absolute atomic E-state index is 3.43. The van der Waals surface area contributed by atoms with E-state index in [9.17, 15) is 0 Å². The van der Waals surface area contributed by atoms with E-state index in [1.807, 2.05) is 0 Å². The van der Waals surface area contributed by atoms with E-state index in [1.165, 1.54) is 22.2 Å². The Bertz CT molecular complexity index is 885. The largest absolute Gasteiger partial charge is 0.377 e. The average Bonchev–Trinajstić information content (AvgIpc) is 3.06. The Morgan fingerprint density at radius 3 is 2.70 bits per heavy atom. The normalized spacial score (nSPS) is 13.6. The van der Waals surface area contributed by atoms with Crippen LogP contribution in [-0.2, 0) is 13.1 Å². The van der Waals surface area contributed by atoms with Crippen LogP contribution in [0.2, 0.25) is 0 Å². The van der Waals surface area contributed by atoms with Crippen molar-refractivity contribution in [1.82, 2.24) is 14.8 Å². The lowest BCUT2D eigenvalue weighted by Gasteiger charge is -2.18. The molecular formula is C24H31N3. The Hall–Kier alpha value is -2.44. The SMILES string of the molecule is CCN(CC)Cc1ccc2c(c1)cc(C#CCNC1=CC=CCC1)n2CC. The minimum Gasteiger partial charge on any atom is -0.377 e. The van der Waals surface area contributed by atoms with Gasteiger partial charge in [0.1, 0.15) is 0 Å². The van der Waals surface area contributed by atoms with Crippen LogP contribution in [0.4, 0.5) is 0 Å². The number of hydrogen-bond acceptors (Lipinski definition) is 2. The van der Waals surface area contributed by atoms with Crippen LogP contribution in [0.3, 0.4) is 0 Å². The number of fused-ring (bicyclic) bond motifs is 1. The van der Waals surface area contributed by atoms with E-state index in [0.717, 1.165) is 44.7 Å². The van der Waals surface area contributed by atoms with Crippen molar-refractivity contribution in [1.29, 1.82) is 0 Å². The van der Waals surface area contributed by atoms with E-state index in [2.05, 4.69) is 89.9 Å². The lowest BCUT2D eigenvalue weighted by atomic mass is 10.1. The van der Waals surface area contributed by atoms with E-state index in [0.29, 0.717) is 6.54 Å². The summed E-state index contributed by atoms with van der Waals surface area (Å²) < 4.78 is 2.31. The molecule has 27 heavy (non-hydrogen) atoms. The van der Waals surface area contributed by atoms with Gasteiger partial charge in [0.15, 0.2) is 0 Å². The molecule has 1 aliphatic carbocycles. The summed E-state index contributed by atoms with van der Waals surface area (Å²) in [4.78, 5) is 2.44. The molecule has 0 saturated heterocycles. The van der Waals surface area contributed by atoms with E-state index in [1.54, 1.807) is 0 Å². The highest BCUT2D eigenvalue weighted by molar-refractivity contribution is 5.83. The fraction of sp³-hybridized carbons (Fsp3) is 0.417. The van der Waals surface area contributed by atoms with E-state index in [-0.39, 0.29) is 0 Å². The van der Waals surface area contributed by atoms with Gasteiger partial charge in [0, 0.05) is 29.7 Å². The van der Waals surface area contributed by atoms with Crippen molar-refractivity contribution in [3.05, 3.63) is 59.4 Å². The number of rotatable bonds is 7. The van der Waals surface area contributed by atoms with Gasteiger partial charge in [-0.05, 0) is 68.6 Å². The first-order chi connectivity index (χ1) is 13.2. The number of allylic oxidation sites excluding steroid dienone is 4. The van der Waals surface area contributed by atoms with E-state index in [4.69, 9.17) is 0 Å². The topological polar surface area (TPSA) is 20.2 Å². The predicted octanol–water partition coefficient (Wildman–Crippen LogP) is 4.68. The first-order valence-corrected chi connectivity index (χ1v) is 10.2. The highest BCUT2D eigenvalue weighted by Gasteiger charge is 2.08. The Balaban J connectivity index is 1.76. The molecule has 1 aromatic heterocycles. The van der Waals surface area contributed by atoms with Gasteiger partial charge in [0.2, 0.25) is 0 Å². The number of nitrogens with zero attached hydrogens (tertiary/aromatic N) is 2. The van der Waals surface area contributed by atoms with Gasteiger partial charge >= 0.3 is 0 Å². The van der Waals surface area contributed by atoms with Crippen LogP contribution in [0.1, 0.15) is 44.9 Å². The van der Waals surface area contributed by atoms with Crippen molar-refractivity contribution in [3.63, 3.8) is 0 Å². The van der Waals surface area contributed by atoms with Crippen LogP contribution in [0.25, 0.3) is 10.9 Å². The molecule has 3 nitrogen and oxygen atoms in total. The number of nitrogens with one attached hydrogen (secondary N) is 1. The van der Waals surface area contributed by atoms with Gasteiger partial charge in [-0.15, -0.1) is 0 Å². The van der Waals surface area contributed by atoms with Crippen molar-refractivity contribution in [2.45, 2.75) is 46.7 Å². The smallest absolute Gasteiger partial charge is 0.0931 e. The van der Waals surface area contributed by atoms with Crippen LogP contribution in [0.15, 0.2) is 48.2 Å². The molecule has 0 unspecified atom stereocenters. The maximum Gasteiger partial charge on any atom is 0.0931 e. The molecule has 1 heterocycles. The number of aryl methyl sites for hydroxylation is 1. The molecule has 1 aromatic carbocycles. The summed E-state index contributed by atoms with van der Waals surface area (Å²) in [6, 6.07) is 9.07. The molecule has 0 bridgehead atoms. The Morgan fingerprint density at radius 2 is 2.00 bits per heavy atom. The first-order valence-electron chi connectivity index (χ1n) is 10.2. The van der Waals surface area contributed by atoms with Crippen LogP contribution >= 0.6 is 0 Å². The molecule has 0 aliphatic heterocycles. The summed E-state index contributed by atoms with van der Waals surface area (Å²) in [5.74, 6) is 6.67. The average molecular weight is 362 g/mol. The zero-order chi connectivity index (χ0) is 19.1. The van der Waals surface area contributed by atoms with Crippen LogP contribution in [0, 0.1) is 11.8 Å². The highest BCUT2D eigenvalue weighted by atomic mass is 15.1. The quantitative estimate of drug-likeness (QED) is 0.723. The van der Waals surface area contributed by atoms with Crippen molar-refractivity contribution in [2.24, 2.45) is 0 Å². The van der Waals surface area contributed by atoms with Crippen molar-refractivity contribution >= 4 is 10.9 Å². The second-order valence-electron chi connectivity index (χ2n) is 6.94. The van der Waals surface area contributed by atoms with Crippen LogP contribution in [-0.4, -0.2) is 29.1 Å². The maximum atomic E-state index is 3.43. The Morgan fingerprint density at radius 1 is 1.15 bits per heavy atom. The zero-order valence-corrected chi connectivity index (χ0v) is 16.9. The molecule has 0 spiro atoms. The molecule has 2 aromatic rings. The molecule has 0 radical (unpaired) electrons. The zero-order valence-electron chi connectivity index (χ0n) is 16.9. The van der Waals surface area contributed by atoms with Crippen LogP contribution in [0.5, 0.6) is 0 Å². The van der Waals surface area contributed by atoms with Gasteiger partial charge in [0.25, 0.3) is 0 Å². The molecule has 0 saturated carbocycles. The van der Waals surface area contributed by atoms with Gasteiger partial charge in [-0.3, -0.25) is 4.90 Å². The number of benzene rings is 1. The second-order valence-corrected chi connectivity index (χ2v) is 6.94. The highest BCUT2D eigenvalue weighted by Crippen LogP contribution is 2.22. The minimum atomic E-state index is 0.693. The molecule has 3 rings (SSSR count). The van der Waals surface area contributed by atoms with E-state index >= 15 is 0 Å². The molecule has 3 heteroatoms. The summed E-state index contributed by atoms with van der Waals surface area (Å²) in [5, 5.41) is 4.72.